The molecule has 0 aromatic carbocycles. The number of methoxy groups -OCH3 is 1. The summed E-state index contributed by atoms with van der Waals surface area (Å²) in [5.74, 6) is 0.869. The Balaban J connectivity index is 2.25. The van der Waals surface area contributed by atoms with Crippen LogP contribution in [0.25, 0.3) is 0 Å². The molecule has 1 aliphatic heterocycles. The highest BCUT2D eigenvalue weighted by Crippen LogP contribution is 2.37. The summed E-state index contributed by atoms with van der Waals surface area (Å²) in [6.45, 7) is 8.77. The Kier molecular flexibility index (Phi) is 4.59. The molecule has 2 rings (SSSR count). The number of nitrogens with zero attached hydrogens (tertiary/aromatic N) is 1. The molecule has 4 heteroatoms. The molecule has 0 spiro atoms. The van der Waals surface area contributed by atoms with Gasteiger partial charge in [0.15, 0.2) is 0 Å². The number of hydrogen-bond acceptors (Lipinski definition) is 4. The molecular formula is C17H27NO3. The zero-order chi connectivity index (χ0) is 15.7. The Morgan fingerprint density at radius 1 is 1.43 bits per heavy atom. The predicted molar refractivity (Wildman–Crippen MR) is 82.8 cm³/mol. The molecule has 1 N–H and O–H groups in total. The van der Waals surface area contributed by atoms with Gasteiger partial charge in [0.2, 0.25) is 0 Å². The van der Waals surface area contributed by atoms with Crippen molar-refractivity contribution in [3.8, 4) is 5.75 Å². The van der Waals surface area contributed by atoms with Crippen LogP contribution >= 0.6 is 0 Å². The minimum Gasteiger partial charge on any atom is -0.496 e. The molecule has 1 aromatic heterocycles. The highest BCUT2D eigenvalue weighted by molar-refractivity contribution is 5.41. The molecule has 118 valence electrons. The standard InChI is InChI=1S/C17H27NO3/c1-6-16(4)11-17(19,7-8-21-16)9-14-13(3)15(20-5)12(2)10-18-14/h10,19H,6-9,11H2,1-5H3. The molecule has 2 unspecified atom stereocenters. The molecule has 1 aliphatic rings. The molecule has 2 heterocycles. The van der Waals surface area contributed by atoms with E-state index in [0.717, 1.165) is 29.0 Å². The molecule has 0 bridgehead atoms. The summed E-state index contributed by atoms with van der Waals surface area (Å²) in [5.41, 5.74) is 1.98. The average molecular weight is 293 g/mol. The minimum atomic E-state index is -0.749. The van der Waals surface area contributed by atoms with E-state index in [9.17, 15) is 5.11 Å². The van der Waals surface area contributed by atoms with Gasteiger partial charge in [-0.3, -0.25) is 4.98 Å². The first-order valence-electron chi connectivity index (χ1n) is 7.68. The Bertz CT molecular complexity index is 517. The van der Waals surface area contributed by atoms with Gasteiger partial charge in [-0.05, 0) is 33.6 Å². The van der Waals surface area contributed by atoms with E-state index in [1.165, 1.54) is 0 Å². The number of hydrogen-bond donors (Lipinski definition) is 1. The third-order valence-corrected chi connectivity index (χ3v) is 4.72. The average Bonchev–Trinajstić information content (AvgIpc) is 2.42. The first-order valence-corrected chi connectivity index (χ1v) is 7.68. The van der Waals surface area contributed by atoms with Crippen molar-refractivity contribution in [1.82, 2.24) is 4.98 Å². The minimum absolute atomic E-state index is 0.240. The van der Waals surface area contributed by atoms with E-state index in [4.69, 9.17) is 9.47 Å². The van der Waals surface area contributed by atoms with Gasteiger partial charge in [-0.25, -0.2) is 0 Å². The molecule has 2 atom stereocenters. The van der Waals surface area contributed by atoms with Crippen LogP contribution in [0.15, 0.2) is 6.20 Å². The maximum Gasteiger partial charge on any atom is 0.128 e. The second kappa shape index (κ2) is 5.93. The van der Waals surface area contributed by atoms with Gasteiger partial charge in [0.05, 0.1) is 24.9 Å². The first kappa shape index (κ1) is 16.2. The third-order valence-electron chi connectivity index (χ3n) is 4.72. The van der Waals surface area contributed by atoms with Crippen LogP contribution in [-0.2, 0) is 11.2 Å². The van der Waals surface area contributed by atoms with Gasteiger partial charge in [0.25, 0.3) is 0 Å². The zero-order valence-electron chi connectivity index (χ0n) is 13.8. The van der Waals surface area contributed by atoms with E-state index >= 15 is 0 Å². The summed E-state index contributed by atoms with van der Waals surface area (Å²) in [7, 11) is 1.68. The van der Waals surface area contributed by atoms with Crippen LogP contribution in [0.2, 0.25) is 0 Å². The monoisotopic (exact) mass is 293 g/mol. The molecule has 21 heavy (non-hydrogen) atoms. The predicted octanol–water partition coefficient (Wildman–Crippen LogP) is 2.96. The lowest BCUT2D eigenvalue weighted by Gasteiger charge is -2.43. The summed E-state index contributed by atoms with van der Waals surface area (Å²) in [5, 5.41) is 11.0. The van der Waals surface area contributed by atoms with Crippen molar-refractivity contribution in [2.75, 3.05) is 13.7 Å². The van der Waals surface area contributed by atoms with Crippen molar-refractivity contribution in [2.45, 2.75) is 64.6 Å². The van der Waals surface area contributed by atoms with Crippen LogP contribution in [0, 0.1) is 13.8 Å². The van der Waals surface area contributed by atoms with Crippen LogP contribution in [-0.4, -0.2) is 35.0 Å². The highest BCUT2D eigenvalue weighted by atomic mass is 16.5. The second-order valence-electron chi connectivity index (χ2n) is 6.53. The SMILES string of the molecule is CCC1(C)CC(O)(Cc2ncc(C)c(OC)c2C)CCO1. The van der Waals surface area contributed by atoms with Gasteiger partial charge in [-0.15, -0.1) is 0 Å². The van der Waals surface area contributed by atoms with E-state index in [2.05, 4.69) is 18.8 Å². The lowest BCUT2D eigenvalue weighted by Crippen LogP contribution is -2.48. The Hall–Kier alpha value is -1.13. The summed E-state index contributed by atoms with van der Waals surface area (Å²) in [6.07, 6.45) is 4.57. The van der Waals surface area contributed by atoms with Gasteiger partial charge in [0, 0.05) is 35.9 Å². The molecular weight excluding hydrogens is 266 g/mol. The maximum absolute atomic E-state index is 11.0. The number of aromatic nitrogens is 1. The van der Waals surface area contributed by atoms with Gasteiger partial charge in [-0.1, -0.05) is 6.92 Å². The van der Waals surface area contributed by atoms with Gasteiger partial charge < -0.3 is 14.6 Å². The smallest absolute Gasteiger partial charge is 0.128 e. The fraction of sp³-hybridized carbons (Fsp3) is 0.706. The van der Waals surface area contributed by atoms with Crippen molar-refractivity contribution in [3.05, 3.63) is 23.0 Å². The van der Waals surface area contributed by atoms with Crippen molar-refractivity contribution >= 4 is 0 Å². The Morgan fingerprint density at radius 3 is 2.76 bits per heavy atom. The summed E-state index contributed by atoms with van der Waals surface area (Å²) in [6, 6.07) is 0. The first-order chi connectivity index (χ1) is 9.82. The van der Waals surface area contributed by atoms with E-state index in [1.807, 2.05) is 20.0 Å². The molecule has 1 saturated heterocycles. The Morgan fingerprint density at radius 2 is 2.14 bits per heavy atom. The van der Waals surface area contributed by atoms with Gasteiger partial charge >= 0.3 is 0 Å². The fourth-order valence-corrected chi connectivity index (χ4v) is 3.26. The number of aliphatic hydroxyl groups is 1. The molecule has 4 nitrogen and oxygen atoms in total. The van der Waals surface area contributed by atoms with Crippen molar-refractivity contribution in [3.63, 3.8) is 0 Å². The number of pyridine rings is 1. The molecule has 0 radical (unpaired) electrons. The van der Waals surface area contributed by atoms with Crippen LogP contribution in [0.1, 0.15) is 49.9 Å². The van der Waals surface area contributed by atoms with Crippen LogP contribution in [0.4, 0.5) is 0 Å². The summed E-state index contributed by atoms with van der Waals surface area (Å²) >= 11 is 0. The molecule has 0 saturated carbocycles. The Labute approximate surface area is 127 Å². The second-order valence-corrected chi connectivity index (χ2v) is 6.53. The third kappa shape index (κ3) is 3.38. The molecule has 1 aromatic rings. The highest BCUT2D eigenvalue weighted by Gasteiger charge is 2.41. The lowest BCUT2D eigenvalue weighted by atomic mass is 9.78. The van der Waals surface area contributed by atoms with Crippen molar-refractivity contribution in [1.29, 1.82) is 0 Å². The van der Waals surface area contributed by atoms with Crippen molar-refractivity contribution in [2.24, 2.45) is 0 Å². The van der Waals surface area contributed by atoms with Crippen LogP contribution in [0.5, 0.6) is 5.75 Å². The number of aryl methyl sites for hydroxylation is 1. The molecule has 1 fully saturated rings. The maximum atomic E-state index is 11.0. The summed E-state index contributed by atoms with van der Waals surface area (Å²) < 4.78 is 11.3. The number of rotatable bonds is 4. The van der Waals surface area contributed by atoms with Gasteiger partial charge in [-0.2, -0.15) is 0 Å². The normalized spacial score (nSPS) is 29.4. The zero-order valence-corrected chi connectivity index (χ0v) is 13.8. The van der Waals surface area contributed by atoms with E-state index in [0.29, 0.717) is 25.9 Å². The number of ether oxygens (including phenoxy) is 2. The van der Waals surface area contributed by atoms with E-state index in [1.54, 1.807) is 7.11 Å². The fourth-order valence-electron chi connectivity index (χ4n) is 3.26. The molecule has 0 aliphatic carbocycles. The molecule has 0 amide bonds. The topological polar surface area (TPSA) is 51.6 Å². The van der Waals surface area contributed by atoms with Crippen LogP contribution in [0.3, 0.4) is 0 Å². The lowest BCUT2D eigenvalue weighted by molar-refractivity contribution is -0.153. The summed E-state index contributed by atoms with van der Waals surface area (Å²) in [4.78, 5) is 4.52. The van der Waals surface area contributed by atoms with Crippen LogP contribution < -0.4 is 4.74 Å². The van der Waals surface area contributed by atoms with Crippen molar-refractivity contribution < 1.29 is 14.6 Å². The van der Waals surface area contributed by atoms with E-state index < -0.39 is 5.60 Å². The largest absolute Gasteiger partial charge is 0.496 e. The van der Waals surface area contributed by atoms with E-state index in [-0.39, 0.29) is 5.60 Å². The van der Waals surface area contributed by atoms with Gasteiger partial charge in [0.1, 0.15) is 5.75 Å². The quantitative estimate of drug-likeness (QED) is 0.927.